The molecule has 0 aromatic rings. The van der Waals surface area contributed by atoms with Crippen LogP contribution < -0.4 is 16.4 Å². The maximum atomic E-state index is 13.9. The molecule has 3 rings (SSSR count). The fraction of sp³-hybridized carbons (Fsp3) is 0.846. The molecule has 6 atom stereocenters. The molecule has 10 nitrogen and oxygen atoms in total. The van der Waals surface area contributed by atoms with Gasteiger partial charge in [-0.1, -0.05) is 47.5 Å². The predicted octanol–water partition coefficient (Wildman–Crippen LogP) is 1.54. The van der Waals surface area contributed by atoms with E-state index in [-0.39, 0.29) is 23.2 Å². The highest BCUT2D eigenvalue weighted by Crippen LogP contribution is 2.65. The highest BCUT2D eigenvalue weighted by Gasteiger charge is 2.70. The van der Waals surface area contributed by atoms with Crippen molar-refractivity contribution in [3.63, 3.8) is 0 Å². The molecule has 2 saturated carbocycles. The molecule has 3 fully saturated rings. The molecule has 0 spiro atoms. The second-order valence-corrected chi connectivity index (χ2v) is 13.5. The van der Waals surface area contributed by atoms with Crippen molar-refractivity contribution in [3.05, 3.63) is 0 Å². The molecule has 1 heterocycles. The molecule has 3 aliphatic rings. The van der Waals surface area contributed by atoms with Crippen LogP contribution in [-0.2, 0) is 19.1 Å². The Morgan fingerprint density at radius 3 is 2.14 bits per heavy atom. The summed E-state index contributed by atoms with van der Waals surface area (Å²) in [5.41, 5.74) is 3.84. The molecule has 5 N–H and O–H groups in total. The van der Waals surface area contributed by atoms with E-state index in [1.165, 1.54) is 0 Å². The summed E-state index contributed by atoms with van der Waals surface area (Å²) in [7, 11) is 0. The minimum atomic E-state index is -1.50. The smallest absolute Gasteiger partial charge is 0.408 e. The molecular formula is C26H44N4O6. The van der Waals surface area contributed by atoms with Crippen LogP contribution in [0, 0.1) is 28.6 Å². The first-order valence-corrected chi connectivity index (χ1v) is 12.9. The van der Waals surface area contributed by atoms with Crippen molar-refractivity contribution < 1.29 is 29.0 Å². The lowest BCUT2D eigenvalue weighted by Gasteiger charge is -2.38. The van der Waals surface area contributed by atoms with Gasteiger partial charge in [0.2, 0.25) is 17.7 Å². The molecule has 0 bridgehead atoms. The van der Waals surface area contributed by atoms with E-state index >= 15 is 0 Å². The molecule has 1 aliphatic heterocycles. The van der Waals surface area contributed by atoms with Gasteiger partial charge in [0, 0.05) is 6.54 Å². The first-order valence-electron chi connectivity index (χ1n) is 12.9. The number of fused-ring (bicyclic) bond motifs is 1. The third kappa shape index (κ3) is 6.12. The van der Waals surface area contributed by atoms with Crippen LogP contribution in [0.1, 0.15) is 74.7 Å². The van der Waals surface area contributed by atoms with E-state index in [1.54, 1.807) is 25.7 Å². The Bertz CT molecular complexity index is 901. The summed E-state index contributed by atoms with van der Waals surface area (Å²) < 4.78 is 5.39. The number of ether oxygens (including phenoxy) is 1. The molecular weight excluding hydrogens is 464 g/mol. The van der Waals surface area contributed by atoms with Crippen LogP contribution in [0.5, 0.6) is 0 Å². The second-order valence-electron chi connectivity index (χ2n) is 13.5. The van der Waals surface area contributed by atoms with Gasteiger partial charge in [0.05, 0.1) is 6.04 Å². The number of nitrogens with one attached hydrogen (secondary N) is 2. The van der Waals surface area contributed by atoms with Gasteiger partial charge in [-0.15, -0.1) is 0 Å². The van der Waals surface area contributed by atoms with Gasteiger partial charge >= 0.3 is 6.09 Å². The molecule has 1 saturated heterocycles. The lowest BCUT2D eigenvalue weighted by molar-refractivity contribution is -0.145. The molecule has 4 amide bonds. The number of primary amides is 1. The zero-order chi connectivity index (χ0) is 27.4. The zero-order valence-electron chi connectivity index (χ0n) is 22.9. The monoisotopic (exact) mass is 508 g/mol. The van der Waals surface area contributed by atoms with Gasteiger partial charge in [0.1, 0.15) is 17.7 Å². The summed E-state index contributed by atoms with van der Waals surface area (Å²) in [5, 5.41) is 15.9. The maximum Gasteiger partial charge on any atom is 0.408 e. The number of carbonyl (C=O) groups excluding carboxylic acids is 4. The molecule has 0 unspecified atom stereocenters. The van der Waals surface area contributed by atoms with Crippen LogP contribution in [0.4, 0.5) is 4.79 Å². The van der Waals surface area contributed by atoms with Gasteiger partial charge in [0.25, 0.3) is 0 Å². The van der Waals surface area contributed by atoms with Crippen molar-refractivity contribution in [2.45, 2.75) is 104 Å². The second kappa shape index (κ2) is 9.50. The fourth-order valence-corrected chi connectivity index (χ4v) is 5.50. The third-order valence-electron chi connectivity index (χ3n) is 7.82. The number of alkyl carbamates (subject to hydrolysis) is 1. The van der Waals surface area contributed by atoms with Gasteiger partial charge < -0.3 is 31.1 Å². The Morgan fingerprint density at radius 1 is 1.08 bits per heavy atom. The Morgan fingerprint density at radius 2 is 1.67 bits per heavy atom. The van der Waals surface area contributed by atoms with Crippen molar-refractivity contribution in [2.24, 2.45) is 34.3 Å². The number of nitrogens with zero attached hydrogens (tertiary/aromatic N) is 1. The van der Waals surface area contributed by atoms with E-state index in [2.05, 4.69) is 24.5 Å². The number of carbonyl (C=O) groups is 4. The van der Waals surface area contributed by atoms with E-state index in [0.717, 1.165) is 12.8 Å². The van der Waals surface area contributed by atoms with Crippen molar-refractivity contribution in [1.82, 2.24) is 15.5 Å². The topological polar surface area (TPSA) is 151 Å². The third-order valence-corrected chi connectivity index (χ3v) is 7.82. The predicted molar refractivity (Wildman–Crippen MR) is 133 cm³/mol. The number of hydrogen-bond acceptors (Lipinski definition) is 6. The molecule has 0 aromatic heterocycles. The SMILES string of the molecule is CC(C)(C)OC(=O)N[C@H](C(=O)N1C[C@H]2[C@@H]([C@H]1C(=O)N[C@@H](CC1CC1)[C@@H](O)C(N)=O)C2(C)C)C(C)(C)C. The Hall–Kier alpha value is -2.36. The number of aliphatic hydroxyl groups is 1. The minimum absolute atomic E-state index is 0.0594. The summed E-state index contributed by atoms with van der Waals surface area (Å²) in [6, 6.07) is -2.50. The molecule has 10 heteroatoms. The average Bonchev–Trinajstić information content (AvgIpc) is 3.55. The van der Waals surface area contributed by atoms with Crippen LogP contribution in [-0.4, -0.2) is 70.2 Å². The van der Waals surface area contributed by atoms with Gasteiger partial charge in [-0.05, 0) is 55.8 Å². The van der Waals surface area contributed by atoms with E-state index in [4.69, 9.17) is 10.5 Å². The van der Waals surface area contributed by atoms with Crippen LogP contribution in [0.25, 0.3) is 0 Å². The highest BCUT2D eigenvalue weighted by atomic mass is 16.6. The molecule has 0 aromatic carbocycles. The van der Waals surface area contributed by atoms with Crippen LogP contribution in [0.15, 0.2) is 0 Å². The first kappa shape index (κ1) is 28.2. The van der Waals surface area contributed by atoms with Gasteiger partial charge in [-0.3, -0.25) is 14.4 Å². The lowest BCUT2D eigenvalue weighted by atomic mass is 9.85. The summed E-state index contributed by atoms with van der Waals surface area (Å²) >= 11 is 0. The van der Waals surface area contributed by atoms with Crippen LogP contribution in [0.2, 0.25) is 0 Å². The largest absolute Gasteiger partial charge is 0.444 e. The zero-order valence-corrected chi connectivity index (χ0v) is 22.9. The number of hydrogen-bond donors (Lipinski definition) is 4. The summed E-state index contributed by atoms with van der Waals surface area (Å²) in [4.78, 5) is 53.3. The fourth-order valence-electron chi connectivity index (χ4n) is 5.50. The van der Waals surface area contributed by atoms with Gasteiger partial charge in [-0.2, -0.15) is 0 Å². The molecule has 2 aliphatic carbocycles. The molecule has 204 valence electrons. The maximum absolute atomic E-state index is 13.9. The number of amides is 4. The summed E-state index contributed by atoms with van der Waals surface area (Å²) in [6.07, 6.45) is 0.217. The van der Waals surface area contributed by atoms with Crippen LogP contribution >= 0.6 is 0 Å². The van der Waals surface area contributed by atoms with E-state index in [1.807, 2.05) is 20.8 Å². The molecule has 0 radical (unpaired) electrons. The van der Waals surface area contributed by atoms with Crippen LogP contribution in [0.3, 0.4) is 0 Å². The Labute approximate surface area is 214 Å². The number of nitrogens with two attached hydrogens (primary N) is 1. The van der Waals surface area contributed by atoms with E-state index < -0.39 is 53.2 Å². The van der Waals surface area contributed by atoms with E-state index in [9.17, 15) is 24.3 Å². The minimum Gasteiger partial charge on any atom is -0.444 e. The quantitative estimate of drug-likeness (QED) is 0.390. The highest BCUT2D eigenvalue weighted by molar-refractivity contribution is 5.94. The first-order chi connectivity index (χ1) is 16.3. The summed E-state index contributed by atoms with van der Waals surface area (Å²) in [5.74, 6) is -1.24. The van der Waals surface area contributed by atoms with E-state index in [0.29, 0.717) is 18.9 Å². The standard InChI is InChI=1S/C26H44N4O6/c1-24(2,3)19(29-23(35)36-25(4,5)6)22(34)30-12-14-16(26(14,7)8)17(30)21(33)28-15(11-13-9-10-13)18(31)20(27)32/h13-19,31H,9-12H2,1-8H3,(H2,27,32)(H,28,33)(H,29,35)/t14-,15-,16-,17-,18+,19+/m0/s1. The van der Waals surface area contributed by atoms with Crippen molar-refractivity contribution in [1.29, 1.82) is 0 Å². The normalized spacial score (nSPS) is 27.4. The molecule has 36 heavy (non-hydrogen) atoms. The van der Waals surface area contributed by atoms with Crippen molar-refractivity contribution >= 4 is 23.8 Å². The number of likely N-dealkylation sites (tertiary alicyclic amines) is 1. The van der Waals surface area contributed by atoms with Gasteiger partial charge in [0.15, 0.2) is 6.10 Å². The average molecular weight is 509 g/mol. The Balaban J connectivity index is 1.82. The number of piperidine rings is 1. The number of rotatable bonds is 8. The van der Waals surface area contributed by atoms with Gasteiger partial charge in [-0.25, -0.2) is 4.79 Å². The Kier molecular flexibility index (Phi) is 7.45. The lowest BCUT2D eigenvalue weighted by Crippen LogP contribution is -2.61. The van der Waals surface area contributed by atoms with Crippen molar-refractivity contribution in [2.75, 3.05) is 6.54 Å². The van der Waals surface area contributed by atoms with Crippen molar-refractivity contribution in [3.8, 4) is 0 Å². The summed E-state index contributed by atoms with van der Waals surface area (Å²) in [6.45, 7) is 15.3. The number of aliphatic hydroxyl groups excluding tert-OH is 1.